The molecule has 1 amide bonds. The highest BCUT2D eigenvalue weighted by molar-refractivity contribution is 6.03. The fourth-order valence-corrected chi connectivity index (χ4v) is 4.23. The summed E-state index contributed by atoms with van der Waals surface area (Å²) in [7, 11) is 0. The first-order valence-electron chi connectivity index (χ1n) is 10.6. The van der Waals surface area contributed by atoms with E-state index in [0.29, 0.717) is 29.0 Å². The van der Waals surface area contributed by atoms with E-state index in [1.807, 2.05) is 26.0 Å². The number of amides is 1. The number of hydrogen-bond donors (Lipinski definition) is 1. The Labute approximate surface area is 176 Å². The average molecular weight is 405 g/mol. The molecule has 0 saturated heterocycles. The first-order chi connectivity index (χ1) is 14.3. The number of benzene rings is 2. The fraction of sp³-hybridized carbons (Fsp3) is 0.400. The van der Waals surface area contributed by atoms with Gasteiger partial charge in [-0.05, 0) is 74.9 Å². The molecule has 2 aromatic carbocycles. The minimum atomic E-state index is -0.522. The number of aryl methyl sites for hydroxylation is 2. The molecule has 0 aromatic heterocycles. The zero-order valence-electron chi connectivity index (χ0n) is 17.5. The molecule has 4 rings (SSSR count). The van der Waals surface area contributed by atoms with Crippen LogP contribution in [0.15, 0.2) is 36.4 Å². The van der Waals surface area contributed by atoms with E-state index in [-0.39, 0.29) is 30.3 Å². The molecule has 0 atom stereocenters. The molecule has 5 heteroatoms. The van der Waals surface area contributed by atoms with E-state index in [1.165, 1.54) is 24.0 Å². The third-order valence-corrected chi connectivity index (χ3v) is 5.79. The zero-order valence-corrected chi connectivity index (χ0v) is 17.5. The van der Waals surface area contributed by atoms with Gasteiger partial charge in [0.05, 0.1) is 12.0 Å². The van der Waals surface area contributed by atoms with Gasteiger partial charge in [-0.3, -0.25) is 14.4 Å². The van der Waals surface area contributed by atoms with Gasteiger partial charge in [0.15, 0.2) is 11.6 Å². The lowest BCUT2D eigenvalue weighted by atomic mass is 9.89. The standard InChI is InChI=1S/C25H27NO4/c1-25(2)15-22(28)20-14-19(9-11-23(20)30-25)26-24(29)12-10-21(27)18-8-7-16-5-3-4-6-17(16)13-18/h7-9,11,13-14H,3-6,10,12,15H2,1-2H3,(H,26,29). The SMILES string of the molecule is CC1(C)CC(=O)c2cc(NC(=O)CCC(=O)c3ccc4c(c3)CCCC4)ccc2O1. The Balaban J connectivity index is 1.36. The lowest BCUT2D eigenvalue weighted by Gasteiger charge is -2.31. The highest BCUT2D eigenvalue weighted by atomic mass is 16.5. The van der Waals surface area contributed by atoms with Crippen molar-refractivity contribution in [3.05, 3.63) is 58.7 Å². The summed E-state index contributed by atoms with van der Waals surface area (Å²) in [6.45, 7) is 3.76. The summed E-state index contributed by atoms with van der Waals surface area (Å²) in [4.78, 5) is 37.3. The van der Waals surface area contributed by atoms with Crippen molar-refractivity contribution >= 4 is 23.2 Å². The number of nitrogens with one attached hydrogen (secondary N) is 1. The van der Waals surface area contributed by atoms with Gasteiger partial charge in [-0.1, -0.05) is 12.1 Å². The van der Waals surface area contributed by atoms with Gasteiger partial charge in [-0.2, -0.15) is 0 Å². The van der Waals surface area contributed by atoms with Gasteiger partial charge < -0.3 is 10.1 Å². The largest absolute Gasteiger partial charge is 0.487 e. The molecule has 0 bridgehead atoms. The molecular weight excluding hydrogens is 378 g/mol. The third-order valence-electron chi connectivity index (χ3n) is 5.79. The van der Waals surface area contributed by atoms with Crippen molar-refractivity contribution in [1.29, 1.82) is 0 Å². The highest BCUT2D eigenvalue weighted by Crippen LogP contribution is 2.34. The van der Waals surface area contributed by atoms with Crippen molar-refractivity contribution in [3.63, 3.8) is 0 Å². The van der Waals surface area contributed by atoms with Crippen LogP contribution in [-0.2, 0) is 17.6 Å². The molecule has 1 aliphatic heterocycles. The number of fused-ring (bicyclic) bond motifs is 2. The molecule has 1 aliphatic carbocycles. The Hall–Kier alpha value is -2.95. The molecule has 0 spiro atoms. The third kappa shape index (κ3) is 4.45. The van der Waals surface area contributed by atoms with Gasteiger partial charge in [0.25, 0.3) is 0 Å². The Morgan fingerprint density at radius 2 is 1.77 bits per heavy atom. The van der Waals surface area contributed by atoms with Crippen molar-refractivity contribution in [1.82, 2.24) is 0 Å². The van der Waals surface area contributed by atoms with Crippen LogP contribution in [0.25, 0.3) is 0 Å². The Morgan fingerprint density at radius 1 is 1.00 bits per heavy atom. The molecule has 5 nitrogen and oxygen atoms in total. The van der Waals surface area contributed by atoms with Crippen LogP contribution < -0.4 is 10.1 Å². The van der Waals surface area contributed by atoms with Crippen molar-refractivity contribution < 1.29 is 19.1 Å². The Kier molecular flexibility index (Phi) is 5.46. The predicted molar refractivity (Wildman–Crippen MR) is 115 cm³/mol. The molecule has 1 heterocycles. The number of rotatable bonds is 5. The van der Waals surface area contributed by atoms with Crippen molar-refractivity contribution in [2.45, 2.75) is 64.4 Å². The number of carbonyl (C=O) groups is 3. The highest BCUT2D eigenvalue weighted by Gasteiger charge is 2.32. The normalized spacial score (nSPS) is 16.8. The summed E-state index contributed by atoms with van der Waals surface area (Å²) < 4.78 is 5.84. The van der Waals surface area contributed by atoms with Crippen LogP contribution in [0.1, 0.15) is 77.8 Å². The van der Waals surface area contributed by atoms with Gasteiger partial charge in [-0.25, -0.2) is 0 Å². The van der Waals surface area contributed by atoms with Gasteiger partial charge in [0.1, 0.15) is 11.4 Å². The van der Waals surface area contributed by atoms with E-state index in [4.69, 9.17) is 4.74 Å². The Bertz CT molecular complexity index is 1020. The fourth-order valence-electron chi connectivity index (χ4n) is 4.23. The molecule has 0 fully saturated rings. The number of carbonyl (C=O) groups excluding carboxylic acids is 3. The summed E-state index contributed by atoms with van der Waals surface area (Å²) in [6.07, 6.45) is 5.04. The molecular formula is C25H27NO4. The summed E-state index contributed by atoms with van der Waals surface area (Å²) >= 11 is 0. The molecule has 0 unspecified atom stereocenters. The van der Waals surface area contributed by atoms with Crippen molar-refractivity contribution in [2.75, 3.05) is 5.32 Å². The maximum Gasteiger partial charge on any atom is 0.224 e. The van der Waals surface area contributed by atoms with E-state index in [1.54, 1.807) is 18.2 Å². The number of anilines is 1. The molecule has 0 radical (unpaired) electrons. The van der Waals surface area contributed by atoms with Gasteiger partial charge >= 0.3 is 0 Å². The van der Waals surface area contributed by atoms with E-state index >= 15 is 0 Å². The molecule has 156 valence electrons. The van der Waals surface area contributed by atoms with E-state index in [9.17, 15) is 14.4 Å². The predicted octanol–water partition coefficient (Wildman–Crippen LogP) is 4.91. The van der Waals surface area contributed by atoms with Crippen LogP contribution in [0.4, 0.5) is 5.69 Å². The second-order valence-corrected chi connectivity index (χ2v) is 8.83. The lowest BCUT2D eigenvalue weighted by molar-refractivity contribution is -0.116. The first-order valence-corrected chi connectivity index (χ1v) is 10.6. The van der Waals surface area contributed by atoms with Crippen LogP contribution in [0, 0.1) is 0 Å². The van der Waals surface area contributed by atoms with Crippen LogP contribution in [0.5, 0.6) is 5.75 Å². The van der Waals surface area contributed by atoms with Crippen molar-refractivity contribution in [2.24, 2.45) is 0 Å². The minimum absolute atomic E-state index is 0.0000589. The first kappa shape index (κ1) is 20.3. The van der Waals surface area contributed by atoms with Gasteiger partial charge in [0.2, 0.25) is 5.91 Å². The smallest absolute Gasteiger partial charge is 0.224 e. The van der Waals surface area contributed by atoms with Crippen molar-refractivity contribution in [3.8, 4) is 5.75 Å². The van der Waals surface area contributed by atoms with Crippen LogP contribution in [0.2, 0.25) is 0 Å². The number of ketones is 2. The summed E-state index contributed by atoms with van der Waals surface area (Å²) in [6, 6.07) is 11.0. The van der Waals surface area contributed by atoms with E-state index in [2.05, 4.69) is 11.4 Å². The maximum atomic E-state index is 12.5. The molecule has 30 heavy (non-hydrogen) atoms. The molecule has 0 saturated carbocycles. The number of Topliss-reactive ketones (excluding diaryl/α,β-unsaturated/α-hetero) is 2. The number of ether oxygens (including phenoxy) is 1. The monoisotopic (exact) mass is 405 g/mol. The summed E-state index contributed by atoms with van der Waals surface area (Å²) in [5.74, 6) is 0.275. The van der Waals surface area contributed by atoms with Gasteiger partial charge in [0, 0.05) is 24.1 Å². The summed E-state index contributed by atoms with van der Waals surface area (Å²) in [5, 5.41) is 2.79. The zero-order chi connectivity index (χ0) is 21.3. The minimum Gasteiger partial charge on any atom is -0.487 e. The maximum absolute atomic E-state index is 12.5. The molecule has 2 aliphatic rings. The Morgan fingerprint density at radius 3 is 2.57 bits per heavy atom. The topological polar surface area (TPSA) is 72.5 Å². The van der Waals surface area contributed by atoms with E-state index in [0.717, 1.165) is 12.8 Å². The second-order valence-electron chi connectivity index (χ2n) is 8.83. The second kappa shape index (κ2) is 8.05. The lowest BCUT2D eigenvalue weighted by Crippen LogP contribution is -2.35. The molecule has 2 aromatic rings. The number of hydrogen-bond acceptors (Lipinski definition) is 4. The molecule has 1 N–H and O–H groups in total. The quantitative estimate of drug-likeness (QED) is 0.718. The summed E-state index contributed by atoms with van der Waals surface area (Å²) in [5.41, 5.74) is 3.79. The van der Waals surface area contributed by atoms with Crippen LogP contribution in [0.3, 0.4) is 0 Å². The van der Waals surface area contributed by atoms with Crippen LogP contribution >= 0.6 is 0 Å². The van der Waals surface area contributed by atoms with Gasteiger partial charge in [-0.15, -0.1) is 0 Å². The van der Waals surface area contributed by atoms with Crippen LogP contribution in [-0.4, -0.2) is 23.1 Å². The average Bonchev–Trinajstić information content (AvgIpc) is 2.71. The van der Waals surface area contributed by atoms with E-state index < -0.39 is 5.60 Å².